The van der Waals surface area contributed by atoms with Crippen LogP contribution in [0.3, 0.4) is 0 Å². The molecule has 0 radical (unpaired) electrons. The van der Waals surface area contributed by atoms with E-state index >= 15 is 0 Å². The predicted octanol–water partition coefficient (Wildman–Crippen LogP) is 2.26. The van der Waals surface area contributed by atoms with Crippen molar-refractivity contribution in [1.29, 1.82) is 5.26 Å². The smallest absolute Gasteiger partial charge is 0.0991 e. The van der Waals surface area contributed by atoms with Crippen molar-refractivity contribution < 1.29 is 0 Å². The van der Waals surface area contributed by atoms with Crippen LogP contribution in [0.15, 0.2) is 24.3 Å². The van der Waals surface area contributed by atoms with Gasteiger partial charge in [0.2, 0.25) is 0 Å². The summed E-state index contributed by atoms with van der Waals surface area (Å²) in [4.78, 5) is 0. The van der Waals surface area contributed by atoms with Gasteiger partial charge in [0.15, 0.2) is 0 Å². The fourth-order valence-electron chi connectivity index (χ4n) is 1.63. The number of nitriles is 1. The second kappa shape index (κ2) is 4.78. The van der Waals surface area contributed by atoms with Crippen molar-refractivity contribution >= 4 is 0 Å². The van der Waals surface area contributed by atoms with Crippen LogP contribution in [0, 0.1) is 17.2 Å². The zero-order valence-corrected chi connectivity index (χ0v) is 8.70. The second-order valence-electron chi connectivity index (χ2n) is 3.82. The van der Waals surface area contributed by atoms with Gasteiger partial charge < -0.3 is 5.73 Å². The van der Waals surface area contributed by atoms with Crippen molar-refractivity contribution in [3.8, 4) is 6.07 Å². The van der Waals surface area contributed by atoms with Crippen molar-refractivity contribution in [2.75, 3.05) is 6.54 Å². The molecule has 74 valence electrons. The molecule has 0 saturated heterocycles. The zero-order valence-electron chi connectivity index (χ0n) is 8.70. The Morgan fingerprint density at radius 3 is 2.64 bits per heavy atom. The lowest BCUT2D eigenvalue weighted by Crippen LogP contribution is -2.17. The molecule has 1 atom stereocenters. The fraction of sp³-hybridized carbons (Fsp3) is 0.417. The molecule has 0 saturated carbocycles. The molecule has 0 aliphatic rings. The van der Waals surface area contributed by atoms with Crippen molar-refractivity contribution in [2.24, 2.45) is 11.7 Å². The van der Waals surface area contributed by atoms with Crippen LogP contribution in [0.25, 0.3) is 0 Å². The van der Waals surface area contributed by atoms with Gasteiger partial charge in [-0.1, -0.05) is 26.0 Å². The van der Waals surface area contributed by atoms with E-state index in [1.54, 1.807) is 0 Å². The minimum atomic E-state index is 0.350. The molecule has 2 N–H and O–H groups in total. The molecule has 2 nitrogen and oxygen atoms in total. The number of rotatable bonds is 3. The molecule has 0 aromatic heterocycles. The lowest BCUT2D eigenvalue weighted by atomic mass is 9.88. The Balaban J connectivity index is 2.99. The molecular formula is C12H16N2. The van der Waals surface area contributed by atoms with Crippen molar-refractivity contribution in [3.63, 3.8) is 0 Å². The van der Waals surface area contributed by atoms with E-state index in [2.05, 4.69) is 19.9 Å². The normalized spacial score (nSPS) is 12.5. The van der Waals surface area contributed by atoms with E-state index < -0.39 is 0 Å². The van der Waals surface area contributed by atoms with Gasteiger partial charge >= 0.3 is 0 Å². The minimum absolute atomic E-state index is 0.350. The Labute approximate surface area is 85.4 Å². The van der Waals surface area contributed by atoms with Gasteiger partial charge in [-0.3, -0.25) is 0 Å². The summed E-state index contributed by atoms with van der Waals surface area (Å²) in [7, 11) is 0. The average Bonchev–Trinajstić information content (AvgIpc) is 2.19. The van der Waals surface area contributed by atoms with Crippen LogP contribution in [0.1, 0.15) is 30.9 Å². The molecule has 1 rings (SSSR count). The number of benzene rings is 1. The summed E-state index contributed by atoms with van der Waals surface area (Å²) in [6.07, 6.45) is 0. The van der Waals surface area contributed by atoms with Crippen LogP contribution in [0.4, 0.5) is 0 Å². The maximum Gasteiger partial charge on any atom is 0.0991 e. The minimum Gasteiger partial charge on any atom is -0.330 e. The first-order chi connectivity index (χ1) is 6.69. The summed E-state index contributed by atoms with van der Waals surface area (Å²) in [6, 6.07) is 9.85. The number of nitrogens with two attached hydrogens (primary N) is 1. The zero-order chi connectivity index (χ0) is 10.6. The highest BCUT2D eigenvalue weighted by Gasteiger charge is 2.13. The topological polar surface area (TPSA) is 49.8 Å². The summed E-state index contributed by atoms with van der Waals surface area (Å²) in [5.74, 6) is 0.859. The molecule has 1 aromatic rings. The highest BCUT2D eigenvalue weighted by atomic mass is 14.6. The standard InChI is InChI=1S/C12H16N2/c1-9(2)12(8-14)11-5-3-4-10(6-11)7-13/h3-6,9,12H,8,14H2,1-2H3. The third-order valence-electron chi connectivity index (χ3n) is 2.50. The largest absolute Gasteiger partial charge is 0.330 e. The van der Waals surface area contributed by atoms with Gasteiger partial charge in [0.05, 0.1) is 11.6 Å². The van der Waals surface area contributed by atoms with Crippen molar-refractivity contribution in [1.82, 2.24) is 0 Å². The Morgan fingerprint density at radius 2 is 2.14 bits per heavy atom. The molecule has 0 fully saturated rings. The molecule has 14 heavy (non-hydrogen) atoms. The highest BCUT2D eigenvalue weighted by molar-refractivity contribution is 5.34. The molecule has 0 aliphatic heterocycles. The van der Waals surface area contributed by atoms with Gasteiger partial charge in [-0.25, -0.2) is 0 Å². The van der Waals surface area contributed by atoms with Crippen LogP contribution in [-0.4, -0.2) is 6.54 Å². The molecular weight excluding hydrogens is 172 g/mol. The van der Waals surface area contributed by atoms with E-state index in [0.29, 0.717) is 23.9 Å². The fourth-order valence-corrected chi connectivity index (χ4v) is 1.63. The summed E-state index contributed by atoms with van der Waals surface area (Å²) >= 11 is 0. The lowest BCUT2D eigenvalue weighted by Gasteiger charge is -2.19. The SMILES string of the molecule is CC(C)C(CN)c1cccc(C#N)c1. The van der Waals surface area contributed by atoms with E-state index in [-0.39, 0.29) is 0 Å². The van der Waals surface area contributed by atoms with Gasteiger partial charge in [-0.05, 0) is 36.1 Å². The molecule has 0 heterocycles. The van der Waals surface area contributed by atoms with Crippen LogP contribution < -0.4 is 5.73 Å². The second-order valence-corrected chi connectivity index (χ2v) is 3.82. The molecule has 0 aliphatic carbocycles. The van der Waals surface area contributed by atoms with Gasteiger partial charge in [0, 0.05) is 0 Å². The van der Waals surface area contributed by atoms with Gasteiger partial charge in [-0.2, -0.15) is 5.26 Å². The number of hydrogen-bond donors (Lipinski definition) is 1. The first-order valence-corrected chi connectivity index (χ1v) is 4.89. The summed E-state index contributed by atoms with van der Waals surface area (Å²) < 4.78 is 0. The summed E-state index contributed by atoms with van der Waals surface area (Å²) in [5, 5.41) is 8.77. The van der Waals surface area contributed by atoms with Crippen LogP contribution in [0.2, 0.25) is 0 Å². The van der Waals surface area contributed by atoms with Crippen molar-refractivity contribution in [3.05, 3.63) is 35.4 Å². The molecule has 2 heteroatoms. The maximum absolute atomic E-state index is 8.77. The van der Waals surface area contributed by atoms with E-state index in [0.717, 1.165) is 0 Å². The molecule has 0 bridgehead atoms. The molecule has 1 aromatic carbocycles. The quantitative estimate of drug-likeness (QED) is 0.791. The molecule has 0 spiro atoms. The maximum atomic E-state index is 8.77. The van der Waals surface area contributed by atoms with Crippen LogP contribution >= 0.6 is 0 Å². The lowest BCUT2D eigenvalue weighted by molar-refractivity contribution is 0.506. The van der Waals surface area contributed by atoms with E-state index in [1.165, 1.54) is 5.56 Å². The van der Waals surface area contributed by atoms with Crippen LogP contribution in [0.5, 0.6) is 0 Å². The van der Waals surface area contributed by atoms with E-state index in [4.69, 9.17) is 11.0 Å². The van der Waals surface area contributed by atoms with Crippen LogP contribution in [-0.2, 0) is 0 Å². The molecule has 1 unspecified atom stereocenters. The Bertz CT molecular complexity index is 336. The van der Waals surface area contributed by atoms with Gasteiger partial charge in [-0.15, -0.1) is 0 Å². The Kier molecular flexibility index (Phi) is 3.67. The monoisotopic (exact) mass is 188 g/mol. The third-order valence-corrected chi connectivity index (χ3v) is 2.50. The Hall–Kier alpha value is -1.33. The highest BCUT2D eigenvalue weighted by Crippen LogP contribution is 2.23. The average molecular weight is 188 g/mol. The predicted molar refractivity (Wildman–Crippen MR) is 57.8 cm³/mol. The third kappa shape index (κ3) is 2.34. The van der Waals surface area contributed by atoms with Crippen molar-refractivity contribution in [2.45, 2.75) is 19.8 Å². The van der Waals surface area contributed by atoms with E-state index in [1.807, 2.05) is 24.3 Å². The summed E-state index contributed by atoms with van der Waals surface area (Å²) in [5.41, 5.74) is 7.59. The summed E-state index contributed by atoms with van der Waals surface area (Å²) in [6.45, 7) is 4.93. The number of nitrogens with zero attached hydrogens (tertiary/aromatic N) is 1. The number of hydrogen-bond acceptors (Lipinski definition) is 2. The van der Waals surface area contributed by atoms with E-state index in [9.17, 15) is 0 Å². The first-order valence-electron chi connectivity index (χ1n) is 4.89. The first kappa shape index (κ1) is 10.7. The van der Waals surface area contributed by atoms with Gasteiger partial charge in [0.25, 0.3) is 0 Å². The Morgan fingerprint density at radius 1 is 1.43 bits per heavy atom. The van der Waals surface area contributed by atoms with Gasteiger partial charge in [0.1, 0.15) is 0 Å². The molecule has 0 amide bonds.